The lowest BCUT2D eigenvalue weighted by Gasteiger charge is -2.23. The van der Waals surface area contributed by atoms with Gasteiger partial charge in [0.15, 0.2) is 5.82 Å². The zero-order valence-corrected chi connectivity index (χ0v) is 13.3. The summed E-state index contributed by atoms with van der Waals surface area (Å²) in [6.45, 7) is 3.16. The molecule has 2 aromatic rings. The standard InChI is InChI=1S/C17H20F2N4/c1-3-4-5-6-10-23(13-14-8-11-22(2)12-14)15-7-9-20-17(21-15)16(18)19/h3,5,7-9,11-12,16H,6,10,13H2,1-2H3. The van der Waals surface area contributed by atoms with E-state index < -0.39 is 12.2 Å². The molecule has 0 aliphatic carbocycles. The van der Waals surface area contributed by atoms with Crippen molar-refractivity contribution < 1.29 is 8.78 Å². The fourth-order valence-corrected chi connectivity index (χ4v) is 2.22. The van der Waals surface area contributed by atoms with Gasteiger partial charge in [-0.3, -0.25) is 0 Å². The summed E-state index contributed by atoms with van der Waals surface area (Å²) in [7, 11) is 1.95. The van der Waals surface area contributed by atoms with Crippen molar-refractivity contribution in [2.24, 2.45) is 7.05 Å². The highest BCUT2D eigenvalue weighted by Crippen LogP contribution is 2.19. The topological polar surface area (TPSA) is 34.0 Å². The predicted octanol–water partition coefficient (Wildman–Crippen LogP) is 3.88. The monoisotopic (exact) mass is 318 g/mol. The van der Waals surface area contributed by atoms with E-state index in [2.05, 4.69) is 15.7 Å². The van der Waals surface area contributed by atoms with Gasteiger partial charge in [0.2, 0.25) is 0 Å². The van der Waals surface area contributed by atoms with Crippen LogP contribution in [0.15, 0.2) is 48.6 Å². The highest BCUT2D eigenvalue weighted by molar-refractivity contribution is 5.39. The zero-order chi connectivity index (χ0) is 16.7. The minimum absolute atomic E-state index is 0.440. The molecule has 23 heavy (non-hydrogen) atoms. The Balaban J connectivity index is 2.20. The van der Waals surface area contributed by atoms with E-state index in [1.807, 2.05) is 54.1 Å². The Labute approximate surface area is 134 Å². The van der Waals surface area contributed by atoms with Crippen molar-refractivity contribution in [3.63, 3.8) is 0 Å². The molecule has 0 radical (unpaired) electrons. The maximum Gasteiger partial charge on any atom is 0.297 e. The van der Waals surface area contributed by atoms with Crippen LogP contribution in [0.3, 0.4) is 0 Å². The second kappa shape index (κ2) is 8.25. The van der Waals surface area contributed by atoms with Crippen molar-refractivity contribution in [2.45, 2.75) is 26.3 Å². The van der Waals surface area contributed by atoms with Gasteiger partial charge in [0.1, 0.15) is 5.82 Å². The Morgan fingerprint density at radius 1 is 1.39 bits per heavy atom. The lowest BCUT2D eigenvalue weighted by Crippen LogP contribution is -2.25. The van der Waals surface area contributed by atoms with Crippen LogP contribution < -0.4 is 4.90 Å². The summed E-state index contributed by atoms with van der Waals surface area (Å²) in [5.74, 6) is 0.0672. The zero-order valence-electron chi connectivity index (χ0n) is 13.3. The van der Waals surface area contributed by atoms with E-state index in [9.17, 15) is 8.78 Å². The third-order valence-electron chi connectivity index (χ3n) is 3.27. The van der Waals surface area contributed by atoms with Crippen LogP contribution in [0.5, 0.6) is 0 Å². The Bertz CT molecular complexity index is 687. The van der Waals surface area contributed by atoms with Crippen molar-refractivity contribution in [1.82, 2.24) is 14.5 Å². The lowest BCUT2D eigenvalue weighted by molar-refractivity contribution is 0.140. The summed E-state index contributed by atoms with van der Waals surface area (Å²) in [5, 5.41) is 0. The largest absolute Gasteiger partial charge is 0.357 e. The Morgan fingerprint density at radius 2 is 2.22 bits per heavy atom. The molecule has 0 aliphatic heterocycles. The van der Waals surface area contributed by atoms with Gasteiger partial charge in [-0.05, 0) is 43.2 Å². The number of nitrogens with zero attached hydrogens (tertiary/aromatic N) is 4. The molecule has 2 rings (SSSR count). The molecule has 0 aliphatic rings. The minimum atomic E-state index is -2.67. The Morgan fingerprint density at radius 3 is 2.87 bits per heavy atom. The van der Waals surface area contributed by atoms with Gasteiger partial charge in [0.05, 0.1) is 0 Å². The smallest absolute Gasteiger partial charge is 0.297 e. The average Bonchev–Trinajstić information content (AvgIpc) is 2.95. The Hall–Kier alpha value is -2.46. The molecule has 6 heteroatoms. The summed E-state index contributed by atoms with van der Waals surface area (Å²) >= 11 is 0. The van der Waals surface area contributed by atoms with Gasteiger partial charge < -0.3 is 9.47 Å². The van der Waals surface area contributed by atoms with Gasteiger partial charge in [-0.1, -0.05) is 0 Å². The second-order valence-corrected chi connectivity index (χ2v) is 5.13. The van der Waals surface area contributed by atoms with Gasteiger partial charge in [0.25, 0.3) is 6.43 Å². The van der Waals surface area contributed by atoms with Crippen LogP contribution in [-0.4, -0.2) is 21.1 Å². The van der Waals surface area contributed by atoms with Gasteiger partial charge in [-0.2, -0.15) is 0 Å². The fourth-order valence-electron chi connectivity index (χ4n) is 2.22. The van der Waals surface area contributed by atoms with E-state index in [1.165, 1.54) is 6.20 Å². The van der Waals surface area contributed by atoms with E-state index in [1.54, 1.807) is 6.07 Å². The summed E-state index contributed by atoms with van der Waals surface area (Å²) < 4.78 is 27.6. The van der Waals surface area contributed by atoms with Crippen LogP contribution >= 0.6 is 0 Å². The molecule has 122 valence electrons. The van der Waals surface area contributed by atoms with Crippen LogP contribution in [0.25, 0.3) is 0 Å². The highest BCUT2D eigenvalue weighted by Gasteiger charge is 2.15. The summed E-state index contributed by atoms with van der Waals surface area (Å²) in [6, 6.07) is 3.66. The minimum Gasteiger partial charge on any atom is -0.357 e. The summed E-state index contributed by atoms with van der Waals surface area (Å²) in [6.07, 6.45) is 7.18. The quantitative estimate of drug-likeness (QED) is 0.727. The van der Waals surface area contributed by atoms with E-state index in [-0.39, 0.29) is 0 Å². The van der Waals surface area contributed by atoms with Crippen molar-refractivity contribution >= 4 is 5.82 Å². The molecule has 0 saturated heterocycles. The molecule has 0 atom stereocenters. The van der Waals surface area contributed by atoms with Gasteiger partial charge in [-0.25, -0.2) is 18.7 Å². The highest BCUT2D eigenvalue weighted by atomic mass is 19.3. The van der Waals surface area contributed by atoms with Gasteiger partial charge >= 0.3 is 0 Å². The third-order valence-corrected chi connectivity index (χ3v) is 3.27. The third kappa shape index (κ3) is 5.04. The van der Waals surface area contributed by atoms with Crippen molar-refractivity contribution in [3.05, 3.63) is 60.0 Å². The van der Waals surface area contributed by atoms with Crippen molar-refractivity contribution in [1.29, 1.82) is 0 Å². The molecule has 4 nitrogen and oxygen atoms in total. The van der Waals surface area contributed by atoms with Crippen LogP contribution in [-0.2, 0) is 13.6 Å². The first-order valence-electron chi connectivity index (χ1n) is 7.42. The molecule has 0 bridgehead atoms. The molecule has 2 heterocycles. The van der Waals surface area contributed by atoms with Gasteiger partial charge in [0, 0.05) is 38.7 Å². The first-order valence-corrected chi connectivity index (χ1v) is 7.42. The first kappa shape index (κ1) is 16.9. The van der Waals surface area contributed by atoms with Gasteiger partial charge in [-0.15, -0.1) is 5.73 Å². The number of hydrogen-bond acceptors (Lipinski definition) is 3. The molecule has 0 amide bonds. The number of hydrogen-bond donors (Lipinski definition) is 0. The van der Waals surface area contributed by atoms with E-state index in [0.29, 0.717) is 18.9 Å². The van der Waals surface area contributed by atoms with E-state index in [4.69, 9.17) is 0 Å². The van der Waals surface area contributed by atoms with Crippen LogP contribution in [0.4, 0.5) is 14.6 Å². The van der Waals surface area contributed by atoms with Crippen LogP contribution in [0.2, 0.25) is 0 Å². The molecule has 0 saturated carbocycles. The molecule has 0 spiro atoms. The number of alkyl halides is 2. The van der Waals surface area contributed by atoms with Crippen molar-refractivity contribution in [3.8, 4) is 0 Å². The van der Waals surface area contributed by atoms with E-state index >= 15 is 0 Å². The molecule has 0 fully saturated rings. The van der Waals surface area contributed by atoms with Crippen LogP contribution in [0, 0.1) is 0 Å². The second-order valence-electron chi connectivity index (χ2n) is 5.13. The predicted molar refractivity (Wildman–Crippen MR) is 86.4 cm³/mol. The van der Waals surface area contributed by atoms with Crippen LogP contribution in [0.1, 0.15) is 31.2 Å². The number of anilines is 1. The molecule has 0 aromatic carbocycles. The molecular formula is C17H20F2N4. The maximum absolute atomic E-state index is 12.8. The lowest BCUT2D eigenvalue weighted by atomic mass is 10.2. The first-order chi connectivity index (χ1) is 11.1. The summed E-state index contributed by atoms with van der Waals surface area (Å²) in [5.41, 5.74) is 4.12. The molecule has 0 N–H and O–H groups in total. The number of rotatable bonds is 7. The van der Waals surface area contributed by atoms with E-state index in [0.717, 1.165) is 12.0 Å². The fraction of sp³-hybridized carbons (Fsp3) is 0.353. The molecule has 0 unspecified atom stereocenters. The number of aromatic nitrogens is 3. The SMILES string of the molecule is CC=C=CCCN(Cc1ccn(C)c1)c1ccnc(C(F)F)n1. The average molecular weight is 318 g/mol. The molecule has 2 aromatic heterocycles. The maximum atomic E-state index is 12.8. The normalized spacial score (nSPS) is 10.5. The Kier molecular flexibility index (Phi) is 6.06. The number of halogens is 2. The number of aryl methyl sites for hydroxylation is 1. The summed E-state index contributed by atoms with van der Waals surface area (Å²) in [4.78, 5) is 9.58. The van der Waals surface area contributed by atoms with Crippen molar-refractivity contribution in [2.75, 3.05) is 11.4 Å². The molecular weight excluding hydrogens is 298 g/mol.